The molecule has 0 unspecified atom stereocenters. The quantitative estimate of drug-likeness (QED) is 0.506. The van der Waals surface area contributed by atoms with Gasteiger partial charge < -0.3 is 4.74 Å². The Balaban J connectivity index is 0.000000673. The van der Waals surface area contributed by atoms with Gasteiger partial charge in [-0.05, 0) is 49.6 Å². The van der Waals surface area contributed by atoms with Crippen LogP contribution in [0.2, 0.25) is 0 Å². The van der Waals surface area contributed by atoms with E-state index in [9.17, 15) is 4.79 Å². The first-order valence-corrected chi connectivity index (χ1v) is 10.8. The number of H-pyrrole nitrogens is 1. The summed E-state index contributed by atoms with van der Waals surface area (Å²) in [6.45, 7) is 14.6. The lowest BCUT2D eigenvalue weighted by atomic mass is 9.96. The Labute approximate surface area is 181 Å². The lowest BCUT2D eigenvalue weighted by Crippen LogP contribution is -2.14. The van der Waals surface area contributed by atoms with Crippen molar-refractivity contribution >= 4 is 0 Å². The number of hydrogen-bond donors (Lipinski definition) is 1. The molecule has 0 aliphatic carbocycles. The summed E-state index contributed by atoms with van der Waals surface area (Å²) in [6.07, 6.45) is 2.64. The molecular weight excluding hydrogens is 372 g/mol. The van der Waals surface area contributed by atoms with Crippen LogP contribution in [0.1, 0.15) is 62.9 Å². The highest BCUT2D eigenvalue weighted by atomic mass is 16.5. The highest BCUT2D eigenvalue weighted by Crippen LogP contribution is 2.29. The van der Waals surface area contributed by atoms with Crippen molar-refractivity contribution in [3.8, 4) is 16.9 Å². The molecule has 1 aromatic heterocycles. The molecule has 0 aliphatic rings. The van der Waals surface area contributed by atoms with Gasteiger partial charge in [-0.15, -0.1) is 0 Å². The highest BCUT2D eigenvalue weighted by molar-refractivity contribution is 5.72. The van der Waals surface area contributed by atoms with Gasteiger partial charge in [-0.2, -0.15) is 5.10 Å². The third-order valence-electron chi connectivity index (χ3n) is 4.62. The van der Waals surface area contributed by atoms with Crippen molar-refractivity contribution in [1.82, 2.24) is 10.2 Å². The molecule has 0 radical (unpaired) electrons. The molecule has 0 fully saturated rings. The first-order valence-electron chi connectivity index (χ1n) is 10.8. The lowest BCUT2D eigenvalue weighted by molar-refractivity contribution is 0.306. The van der Waals surface area contributed by atoms with E-state index in [-0.39, 0.29) is 5.56 Å². The van der Waals surface area contributed by atoms with Crippen molar-refractivity contribution in [2.45, 2.75) is 67.9 Å². The van der Waals surface area contributed by atoms with Gasteiger partial charge in [0.05, 0.1) is 5.69 Å². The number of benzene rings is 2. The minimum absolute atomic E-state index is 0.153. The molecule has 0 amide bonds. The zero-order valence-electron chi connectivity index (χ0n) is 19.5. The van der Waals surface area contributed by atoms with Gasteiger partial charge in [0.25, 0.3) is 5.56 Å². The van der Waals surface area contributed by atoms with Gasteiger partial charge in [-0.3, -0.25) is 4.79 Å². The number of aromatic nitrogens is 2. The molecule has 30 heavy (non-hydrogen) atoms. The lowest BCUT2D eigenvalue weighted by Gasteiger charge is -2.13. The Morgan fingerprint density at radius 3 is 2.13 bits per heavy atom. The number of nitrogens with zero attached hydrogens (tertiary/aromatic N) is 1. The maximum Gasteiger partial charge on any atom is 0.267 e. The normalized spacial score (nSPS) is 9.70. The van der Waals surface area contributed by atoms with Gasteiger partial charge in [0.1, 0.15) is 12.4 Å². The van der Waals surface area contributed by atoms with Crippen LogP contribution in [0.25, 0.3) is 11.1 Å². The zero-order chi connectivity index (χ0) is 22.5. The molecule has 0 saturated heterocycles. The summed E-state index contributed by atoms with van der Waals surface area (Å²) in [4.78, 5) is 11.9. The summed E-state index contributed by atoms with van der Waals surface area (Å²) >= 11 is 0. The molecule has 0 atom stereocenters. The van der Waals surface area contributed by atoms with E-state index in [1.165, 1.54) is 12.8 Å². The summed E-state index contributed by atoms with van der Waals surface area (Å²) in [5.41, 5.74) is 5.43. The van der Waals surface area contributed by atoms with Crippen LogP contribution in [0.4, 0.5) is 0 Å². The van der Waals surface area contributed by atoms with E-state index in [0.717, 1.165) is 33.7 Å². The van der Waals surface area contributed by atoms with E-state index in [0.29, 0.717) is 12.2 Å². The van der Waals surface area contributed by atoms with Crippen molar-refractivity contribution < 1.29 is 4.74 Å². The van der Waals surface area contributed by atoms with Crippen LogP contribution in [0.5, 0.6) is 5.75 Å². The summed E-state index contributed by atoms with van der Waals surface area (Å²) in [5, 5.41) is 6.60. The SMILES string of the molecule is CC.CCCC.Cc1cc(OCc2ccccc2)ccc1-c1c(C)n[nH]c(=O)c1C. The van der Waals surface area contributed by atoms with E-state index in [2.05, 4.69) is 24.0 Å². The molecular formula is C26H36N2O2. The van der Waals surface area contributed by atoms with Gasteiger partial charge in [0, 0.05) is 11.1 Å². The highest BCUT2D eigenvalue weighted by Gasteiger charge is 2.13. The summed E-state index contributed by atoms with van der Waals surface area (Å²) in [5.74, 6) is 0.813. The number of unbranched alkanes of at least 4 members (excludes halogenated alkanes) is 1. The predicted octanol–water partition coefficient (Wildman–Crippen LogP) is 6.77. The molecule has 162 valence electrons. The Morgan fingerprint density at radius 1 is 0.933 bits per heavy atom. The van der Waals surface area contributed by atoms with E-state index in [1.807, 2.05) is 83.1 Å². The van der Waals surface area contributed by atoms with Crippen LogP contribution in [0.3, 0.4) is 0 Å². The second kappa shape index (κ2) is 13.4. The topological polar surface area (TPSA) is 55.0 Å². The van der Waals surface area contributed by atoms with Crippen LogP contribution in [-0.4, -0.2) is 10.2 Å². The van der Waals surface area contributed by atoms with Crippen LogP contribution in [0, 0.1) is 20.8 Å². The van der Waals surface area contributed by atoms with Crippen molar-refractivity contribution in [2.24, 2.45) is 0 Å². The fourth-order valence-electron chi connectivity index (χ4n) is 2.80. The fraction of sp³-hybridized carbons (Fsp3) is 0.385. The molecule has 4 nitrogen and oxygen atoms in total. The standard InChI is InChI=1S/C20H20N2O2.C4H10.C2H6/c1-13-11-17(24-12-16-7-5-4-6-8-16)9-10-18(13)19-14(2)20(23)22-21-15(19)3;1-3-4-2;1-2/h4-11H,12H2,1-3H3,(H,22,23);3-4H2,1-2H3;1-2H3. The third-order valence-corrected chi connectivity index (χ3v) is 4.62. The molecule has 0 bridgehead atoms. The van der Waals surface area contributed by atoms with E-state index in [4.69, 9.17) is 4.74 Å². The summed E-state index contributed by atoms with van der Waals surface area (Å²) < 4.78 is 5.86. The molecule has 0 saturated carbocycles. The second-order valence-corrected chi connectivity index (χ2v) is 6.89. The maximum atomic E-state index is 11.9. The van der Waals surface area contributed by atoms with Crippen molar-refractivity contribution in [1.29, 1.82) is 0 Å². The number of hydrogen-bond acceptors (Lipinski definition) is 3. The largest absolute Gasteiger partial charge is 0.489 e. The van der Waals surface area contributed by atoms with Crippen molar-refractivity contribution in [3.63, 3.8) is 0 Å². The first kappa shape index (κ1) is 25.2. The Morgan fingerprint density at radius 2 is 1.57 bits per heavy atom. The molecule has 3 rings (SSSR count). The Kier molecular flexibility index (Phi) is 11.2. The zero-order valence-corrected chi connectivity index (χ0v) is 19.5. The van der Waals surface area contributed by atoms with Gasteiger partial charge in [-0.25, -0.2) is 5.10 Å². The van der Waals surface area contributed by atoms with Crippen molar-refractivity contribution in [2.75, 3.05) is 0 Å². The molecule has 0 spiro atoms. The van der Waals surface area contributed by atoms with Crippen LogP contribution in [-0.2, 0) is 6.61 Å². The van der Waals surface area contributed by atoms with Gasteiger partial charge in [-0.1, -0.05) is 76.9 Å². The first-order chi connectivity index (χ1) is 14.5. The Bertz CT molecular complexity index is 945. The third kappa shape index (κ3) is 7.18. The molecule has 0 aliphatic heterocycles. The number of ether oxygens (including phenoxy) is 1. The maximum absolute atomic E-state index is 11.9. The van der Waals surface area contributed by atoms with E-state index in [1.54, 1.807) is 0 Å². The summed E-state index contributed by atoms with van der Waals surface area (Å²) in [6, 6.07) is 16.0. The predicted molar refractivity (Wildman–Crippen MR) is 127 cm³/mol. The van der Waals surface area contributed by atoms with E-state index >= 15 is 0 Å². The minimum Gasteiger partial charge on any atom is -0.489 e. The second-order valence-electron chi connectivity index (χ2n) is 6.89. The Hall–Kier alpha value is -2.88. The summed E-state index contributed by atoms with van der Waals surface area (Å²) in [7, 11) is 0. The van der Waals surface area contributed by atoms with Crippen molar-refractivity contribution in [3.05, 3.63) is 81.3 Å². The number of rotatable bonds is 5. The number of nitrogens with one attached hydrogen (secondary N) is 1. The number of aryl methyl sites for hydroxylation is 2. The van der Waals surface area contributed by atoms with E-state index < -0.39 is 0 Å². The molecule has 3 aromatic rings. The number of aromatic amines is 1. The average molecular weight is 409 g/mol. The molecule has 1 N–H and O–H groups in total. The minimum atomic E-state index is -0.153. The van der Waals surface area contributed by atoms with Crippen LogP contribution < -0.4 is 10.3 Å². The monoisotopic (exact) mass is 408 g/mol. The van der Waals surface area contributed by atoms with Gasteiger partial charge in [0.15, 0.2) is 0 Å². The van der Waals surface area contributed by atoms with Gasteiger partial charge in [0.2, 0.25) is 0 Å². The average Bonchev–Trinajstić information content (AvgIpc) is 2.78. The fourth-order valence-corrected chi connectivity index (χ4v) is 2.80. The van der Waals surface area contributed by atoms with Crippen LogP contribution >= 0.6 is 0 Å². The molecule has 4 heteroatoms. The van der Waals surface area contributed by atoms with Gasteiger partial charge >= 0.3 is 0 Å². The van der Waals surface area contributed by atoms with Crippen LogP contribution in [0.15, 0.2) is 53.3 Å². The molecule has 2 aromatic carbocycles. The molecule has 1 heterocycles. The smallest absolute Gasteiger partial charge is 0.267 e.